The number of hydrogen-bond donors (Lipinski definition) is 1. The second-order valence-corrected chi connectivity index (χ2v) is 29.4. The van der Waals surface area contributed by atoms with E-state index >= 15 is 0 Å². The number of esters is 4. The summed E-state index contributed by atoms with van der Waals surface area (Å²) in [6.45, 7) is 22.3. The lowest BCUT2D eigenvalue weighted by atomic mass is 9.77. The number of benzene rings is 5. The number of ether oxygens (including phenoxy) is 11. The highest BCUT2D eigenvalue weighted by atomic mass is 16.6. The number of carbonyl (C=O) groups excluding carboxylic acids is 4. The maximum atomic E-state index is 13.8. The minimum atomic E-state index is -0.808. The van der Waals surface area contributed by atoms with E-state index in [0.29, 0.717) is 92.6 Å². The molecule has 0 unspecified atom stereocenters. The van der Waals surface area contributed by atoms with Crippen molar-refractivity contribution in [2.24, 2.45) is 0 Å². The van der Waals surface area contributed by atoms with Gasteiger partial charge in [0.2, 0.25) is 0 Å². The van der Waals surface area contributed by atoms with E-state index in [2.05, 4.69) is 70.9 Å². The van der Waals surface area contributed by atoms with Gasteiger partial charge in [0.05, 0.1) is 115 Å². The Kier molecular flexibility index (Phi) is 28.9. The molecule has 21 heteroatoms. The Morgan fingerprint density at radius 1 is 0.350 bits per heavy atom. The maximum absolute atomic E-state index is 13.8. The molecule has 103 heavy (non-hydrogen) atoms. The quantitative estimate of drug-likeness (QED) is 0.0167. The first-order valence-electron chi connectivity index (χ1n) is 34.9. The largest absolute Gasteiger partial charge is 0.497 e. The second kappa shape index (κ2) is 36.7. The van der Waals surface area contributed by atoms with Crippen LogP contribution in [0.1, 0.15) is 148 Å². The molecule has 0 bridgehead atoms. The molecule has 7 rings (SSSR count). The molecule has 5 aromatic carbocycles. The van der Waals surface area contributed by atoms with Crippen LogP contribution in [-0.2, 0) is 69.8 Å². The van der Waals surface area contributed by atoms with Crippen molar-refractivity contribution in [2.75, 3.05) is 89.0 Å². The summed E-state index contributed by atoms with van der Waals surface area (Å²) in [5.41, 5.74) is 4.22. The minimum absolute atomic E-state index is 0.0179. The zero-order valence-corrected chi connectivity index (χ0v) is 64.0. The van der Waals surface area contributed by atoms with Crippen molar-refractivity contribution in [3.8, 4) is 62.5 Å². The van der Waals surface area contributed by atoms with E-state index in [-0.39, 0.29) is 52.4 Å². The van der Waals surface area contributed by atoms with Crippen LogP contribution in [0.4, 0.5) is 0 Å². The lowest BCUT2D eigenvalue weighted by Crippen LogP contribution is -2.45. The fourth-order valence-corrected chi connectivity index (χ4v) is 12.3. The maximum Gasteiger partial charge on any atom is 0.320 e. The molecule has 0 atom stereocenters. The second-order valence-electron chi connectivity index (χ2n) is 29.4. The highest BCUT2D eigenvalue weighted by Crippen LogP contribution is 2.45. The van der Waals surface area contributed by atoms with Crippen molar-refractivity contribution in [3.63, 3.8) is 0 Å². The molecule has 0 fully saturated rings. The van der Waals surface area contributed by atoms with E-state index in [1.165, 1.54) is 0 Å². The average Bonchev–Trinajstić information content (AvgIpc) is 0.763. The normalized spacial score (nSPS) is 12.1. The molecule has 0 spiro atoms. The summed E-state index contributed by atoms with van der Waals surface area (Å²) >= 11 is 0. The SMILES string of the molecule is COc1ccc(C(NCCCCCCN(Cc2cc(-c3c(OC)cc(OC)cc3OC)cc(CN(CC(=O)OC(C)(C)C)CC(=O)OC(C)(C)C)n2)Cc2cc(-c3c(OC)cc(OC)cc3OC)cc(CN(CC(=O)OC(C)(C)C)CC(=O)OC(C)(C)C)n2)(c2ccccc2)c2ccccc2)cc1. The standard InChI is InChI=1S/C82H108N6O15/c1-78(2,3)100-72(89)52-87(53-73(90)101-79(4,5)6)50-63-42-56(76-68(96-16)44-66(94-14)45-69(76)97-17)40-61(84-63)48-86(39-29-21-20-28-38-83-82(58-30-24-22-25-31-58,59-32-26-23-27-33-59)60-34-36-65(93-13)37-35-60)49-62-41-57(77-70(98-18)46-67(95-15)47-71(77)99-19)43-64(85-62)51-88(54-74(91)102-80(7,8)9)55-75(92)103-81(10,11)12/h22-27,30-37,40-47,83H,20-21,28-29,38-39,48-55H2,1-19H3. The monoisotopic (exact) mass is 1420 g/mol. The number of aromatic nitrogens is 2. The summed E-state index contributed by atoms with van der Waals surface area (Å²) in [5, 5.41) is 4.06. The average molecular weight is 1420 g/mol. The number of pyridine rings is 2. The summed E-state index contributed by atoms with van der Waals surface area (Å²) in [4.78, 5) is 71.5. The van der Waals surface area contributed by atoms with Crippen LogP contribution in [0.3, 0.4) is 0 Å². The minimum Gasteiger partial charge on any atom is -0.497 e. The summed E-state index contributed by atoms with van der Waals surface area (Å²) in [6, 6.07) is 44.2. The Balaban J connectivity index is 1.36. The molecule has 0 aliphatic carbocycles. The third kappa shape index (κ3) is 24.7. The van der Waals surface area contributed by atoms with E-state index in [4.69, 9.17) is 62.1 Å². The summed E-state index contributed by atoms with van der Waals surface area (Å²) in [5.74, 6) is 1.50. The molecule has 0 saturated heterocycles. The van der Waals surface area contributed by atoms with Gasteiger partial charge in [-0.05, 0) is 173 Å². The van der Waals surface area contributed by atoms with Gasteiger partial charge in [-0.2, -0.15) is 0 Å². The Hall–Kier alpha value is -9.28. The molecule has 0 aliphatic rings. The Morgan fingerprint density at radius 3 is 0.951 bits per heavy atom. The molecule has 7 aromatic rings. The van der Waals surface area contributed by atoms with Crippen molar-refractivity contribution in [1.29, 1.82) is 0 Å². The first-order chi connectivity index (χ1) is 48.8. The van der Waals surface area contributed by atoms with Crippen LogP contribution in [0, 0.1) is 0 Å². The van der Waals surface area contributed by atoms with Crippen molar-refractivity contribution in [1.82, 2.24) is 30.0 Å². The topological polar surface area (TPSA) is 217 Å². The third-order valence-electron chi connectivity index (χ3n) is 16.2. The molecule has 2 aromatic heterocycles. The van der Waals surface area contributed by atoms with Crippen LogP contribution >= 0.6 is 0 Å². The summed E-state index contributed by atoms with van der Waals surface area (Å²) in [6.07, 6.45) is 3.32. The summed E-state index contributed by atoms with van der Waals surface area (Å²) in [7, 11) is 11.1. The highest BCUT2D eigenvalue weighted by Gasteiger charge is 2.36. The first-order valence-corrected chi connectivity index (χ1v) is 34.9. The third-order valence-corrected chi connectivity index (χ3v) is 16.2. The number of nitrogens with zero attached hydrogens (tertiary/aromatic N) is 5. The zero-order chi connectivity index (χ0) is 75.3. The van der Waals surface area contributed by atoms with E-state index in [0.717, 1.165) is 48.1 Å². The lowest BCUT2D eigenvalue weighted by Gasteiger charge is -2.37. The summed E-state index contributed by atoms with van der Waals surface area (Å²) < 4.78 is 64.7. The van der Waals surface area contributed by atoms with Crippen molar-refractivity contribution >= 4 is 23.9 Å². The molecule has 21 nitrogen and oxygen atoms in total. The van der Waals surface area contributed by atoms with Gasteiger partial charge in [-0.3, -0.25) is 49.2 Å². The highest BCUT2D eigenvalue weighted by molar-refractivity contribution is 5.81. The Bertz CT molecular complexity index is 3590. The van der Waals surface area contributed by atoms with E-state index in [1.807, 2.05) is 48.5 Å². The lowest BCUT2D eigenvalue weighted by molar-refractivity contribution is -0.162. The van der Waals surface area contributed by atoms with E-state index in [1.54, 1.807) is 167 Å². The van der Waals surface area contributed by atoms with Crippen LogP contribution in [0.5, 0.6) is 40.2 Å². The fourth-order valence-electron chi connectivity index (χ4n) is 12.3. The number of methoxy groups -OCH3 is 7. The molecular weight excluding hydrogens is 1310 g/mol. The molecule has 0 radical (unpaired) electrons. The van der Waals surface area contributed by atoms with Gasteiger partial charge in [0.1, 0.15) is 62.7 Å². The predicted octanol–water partition coefficient (Wildman–Crippen LogP) is 14.0. The molecule has 556 valence electrons. The van der Waals surface area contributed by atoms with Gasteiger partial charge in [0, 0.05) is 50.4 Å². The smallest absolute Gasteiger partial charge is 0.320 e. The molecule has 0 saturated carbocycles. The predicted molar refractivity (Wildman–Crippen MR) is 399 cm³/mol. The van der Waals surface area contributed by atoms with Crippen LogP contribution in [0.25, 0.3) is 22.3 Å². The molecule has 1 N–H and O–H groups in total. The number of unbranched alkanes of at least 4 members (excludes halogenated alkanes) is 3. The van der Waals surface area contributed by atoms with Crippen LogP contribution in [0.15, 0.2) is 133 Å². The van der Waals surface area contributed by atoms with Gasteiger partial charge >= 0.3 is 23.9 Å². The molecule has 0 amide bonds. The van der Waals surface area contributed by atoms with Crippen LogP contribution in [0.2, 0.25) is 0 Å². The van der Waals surface area contributed by atoms with Crippen LogP contribution in [-0.4, -0.2) is 160 Å². The van der Waals surface area contributed by atoms with Gasteiger partial charge in [0.15, 0.2) is 0 Å². The van der Waals surface area contributed by atoms with Gasteiger partial charge in [-0.25, -0.2) is 0 Å². The number of nitrogens with one attached hydrogen (secondary N) is 1. The Morgan fingerprint density at radius 2 is 0.650 bits per heavy atom. The molecule has 0 aliphatic heterocycles. The fraction of sp³-hybridized carbons (Fsp3) is 0.463. The first kappa shape index (κ1) is 81.0. The zero-order valence-electron chi connectivity index (χ0n) is 64.0. The van der Waals surface area contributed by atoms with Crippen molar-refractivity contribution in [2.45, 2.75) is 163 Å². The molecular formula is C82H108N6O15. The van der Waals surface area contributed by atoms with Crippen molar-refractivity contribution < 1.29 is 71.3 Å². The number of carbonyl (C=O) groups is 4. The van der Waals surface area contributed by atoms with Crippen molar-refractivity contribution in [3.05, 3.63) is 173 Å². The molecule has 2 heterocycles. The Labute approximate surface area is 609 Å². The van der Waals surface area contributed by atoms with E-state index in [9.17, 15) is 19.2 Å². The van der Waals surface area contributed by atoms with Gasteiger partial charge in [0.25, 0.3) is 0 Å². The van der Waals surface area contributed by atoms with Crippen LogP contribution < -0.4 is 38.5 Å². The van der Waals surface area contributed by atoms with E-state index < -0.39 is 51.8 Å². The number of hydrogen-bond acceptors (Lipinski definition) is 21. The van der Waals surface area contributed by atoms with Gasteiger partial charge in [-0.15, -0.1) is 0 Å². The van der Waals surface area contributed by atoms with Gasteiger partial charge in [-0.1, -0.05) is 85.6 Å². The number of rotatable bonds is 36. The van der Waals surface area contributed by atoms with Gasteiger partial charge < -0.3 is 52.1 Å².